The molecule has 0 heterocycles. The predicted octanol–water partition coefficient (Wildman–Crippen LogP) is 1.57. The Hall–Kier alpha value is -0.0800. The van der Waals surface area contributed by atoms with Crippen LogP contribution in [0.1, 0.15) is 27.7 Å². The van der Waals surface area contributed by atoms with Gasteiger partial charge in [-0.2, -0.15) is 0 Å². The molecular weight excluding hydrogens is 148 g/mol. The Morgan fingerprint density at radius 2 is 1.58 bits per heavy atom. The Morgan fingerprint density at radius 1 is 1.17 bits per heavy atom. The summed E-state index contributed by atoms with van der Waals surface area (Å²) in [4.78, 5) is 2.29. The molecule has 0 aliphatic rings. The number of nitrogens with one attached hydrogen (secondary N) is 1. The lowest BCUT2D eigenvalue weighted by molar-refractivity contribution is 0.130. The van der Waals surface area contributed by atoms with Gasteiger partial charge in [0.15, 0.2) is 0 Å². The normalized spacial score (nSPS) is 15.8. The second-order valence-corrected chi connectivity index (χ2v) is 4.62. The fourth-order valence-electron chi connectivity index (χ4n) is 2.22. The summed E-state index contributed by atoms with van der Waals surface area (Å²) in [6, 6.07) is 0.572. The molecule has 1 atom stereocenters. The van der Waals surface area contributed by atoms with Crippen molar-refractivity contribution >= 4 is 0 Å². The van der Waals surface area contributed by atoms with Gasteiger partial charge in [-0.05, 0) is 40.9 Å². The van der Waals surface area contributed by atoms with Crippen LogP contribution < -0.4 is 5.32 Å². The van der Waals surface area contributed by atoms with Crippen LogP contribution in [0.2, 0.25) is 0 Å². The molecule has 0 aromatic carbocycles. The molecule has 0 fully saturated rings. The molecule has 0 aromatic heterocycles. The maximum absolute atomic E-state index is 3.36. The van der Waals surface area contributed by atoms with Crippen molar-refractivity contribution in [3.8, 4) is 0 Å². The summed E-state index contributed by atoms with van der Waals surface area (Å²) in [6.45, 7) is 9.03. The first-order chi connectivity index (χ1) is 5.33. The minimum absolute atomic E-state index is 0.178. The molecule has 12 heavy (non-hydrogen) atoms. The SMILES string of the molecule is CNC(C)(C)C(C(C)C)N(C)C. The van der Waals surface area contributed by atoms with Crippen LogP contribution in [0.25, 0.3) is 0 Å². The predicted molar refractivity (Wildman–Crippen MR) is 55.5 cm³/mol. The first-order valence-electron chi connectivity index (χ1n) is 4.68. The van der Waals surface area contributed by atoms with Gasteiger partial charge < -0.3 is 10.2 Å². The molecule has 0 saturated carbocycles. The lowest BCUT2D eigenvalue weighted by Crippen LogP contribution is -2.56. The van der Waals surface area contributed by atoms with Crippen molar-refractivity contribution in [1.82, 2.24) is 10.2 Å². The molecule has 0 bridgehead atoms. The molecule has 2 heteroatoms. The van der Waals surface area contributed by atoms with Crippen LogP contribution in [-0.2, 0) is 0 Å². The van der Waals surface area contributed by atoms with Gasteiger partial charge in [0.2, 0.25) is 0 Å². The maximum atomic E-state index is 3.36. The highest BCUT2D eigenvalue weighted by atomic mass is 15.2. The summed E-state index contributed by atoms with van der Waals surface area (Å²) in [6.07, 6.45) is 0. The van der Waals surface area contributed by atoms with E-state index in [0.29, 0.717) is 12.0 Å². The summed E-state index contributed by atoms with van der Waals surface area (Å²) >= 11 is 0. The number of rotatable bonds is 4. The van der Waals surface area contributed by atoms with E-state index >= 15 is 0 Å². The summed E-state index contributed by atoms with van der Waals surface area (Å²) in [5.74, 6) is 0.669. The molecule has 0 aliphatic carbocycles. The average molecular weight is 172 g/mol. The fourth-order valence-corrected chi connectivity index (χ4v) is 2.22. The molecule has 1 N–H and O–H groups in total. The Bertz CT molecular complexity index is 120. The molecule has 1 unspecified atom stereocenters. The van der Waals surface area contributed by atoms with Crippen LogP contribution in [0.15, 0.2) is 0 Å². The maximum Gasteiger partial charge on any atom is 0.0289 e. The first-order valence-corrected chi connectivity index (χ1v) is 4.68. The zero-order chi connectivity index (χ0) is 9.94. The van der Waals surface area contributed by atoms with Gasteiger partial charge >= 0.3 is 0 Å². The van der Waals surface area contributed by atoms with Crippen molar-refractivity contribution in [2.45, 2.75) is 39.3 Å². The van der Waals surface area contributed by atoms with Crippen molar-refractivity contribution < 1.29 is 0 Å². The third kappa shape index (κ3) is 2.76. The molecule has 0 spiro atoms. The van der Waals surface area contributed by atoms with Gasteiger partial charge in [-0.15, -0.1) is 0 Å². The Balaban J connectivity index is 4.50. The Kier molecular flexibility index (Phi) is 4.21. The van der Waals surface area contributed by atoms with Crippen molar-refractivity contribution in [2.75, 3.05) is 21.1 Å². The van der Waals surface area contributed by atoms with E-state index in [1.54, 1.807) is 0 Å². The average Bonchev–Trinajstić information content (AvgIpc) is 1.84. The van der Waals surface area contributed by atoms with Gasteiger partial charge in [-0.25, -0.2) is 0 Å². The van der Waals surface area contributed by atoms with E-state index in [1.807, 2.05) is 7.05 Å². The first kappa shape index (κ1) is 11.9. The Labute approximate surface area is 77.3 Å². The Morgan fingerprint density at radius 3 is 1.67 bits per heavy atom. The van der Waals surface area contributed by atoms with E-state index < -0.39 is 0 Å². The third-order valence-corrected chi connectivity index (χ3v) is 2.57. The molecule has 0 aromatic rings. The van der Waals surface area contributed by atoms with E-state index in [0.717, 1.165) is 0 Å². The highest BCUT2D eigenvalue weighted by molar-refractivity contribution is 4.91. The van der Waals surface area contributed by atoms with Crippen LogP contribution in [-0.4, -0.2) is 37.6 Å². The number of likely N-dealkylation sites (N-methyl/N-ethyl adjacent to an activating group) is 2. The van der Waals surface area contributed by atoms with Gasteiger partial charge in [-0.3, -0.25) is 0 Å². The highest BCUT2D eigenvalue weighted by Gasteiger charge is 2.31. The molecule has 0 rings (SSSR count). The number of nitrogens with zero attached hydrogens (tertiary/aromatic N) is 1. The second kappa shape index (κ2) is 4.24. The molecule has 0 saturated heterocycles. The molecule has 0 radical (unpaired) electrons. The standard InChI is InChI=1S/C10H24N2/c1-8(2)9(12(6)7)10(3,4)11-5/h8-9,11H,1-7H3. The number of hydrogen-bond acceptors (Lipinski definition) is 2. The van der Waals surface area contributed by atoms with E-state index in [4.69, 9.17) is 0 Å². The summed E-state index contributed by atoms with van der Waals surface area (Å²) < 4.78 is 0. The number of hydrogen-bond donors (Lipinski definition) is 1. The van der Waals surface area contributed by atoms with Crippen molar-refractivity contribution in [3.05, 3.63) is 0 Å². The summed E-state index contributed by atoms with van der Waals surface area (Å²) in [5.41, 5.74) is 0.178. The van der Waals surface area contributed by atoms with E-state index in [2.05, 4.69) is 52.0 Å². The summed E-state index contributed by atoms with van der Waals surface area (Å²) in [7, 11) is 6.31. The monoisotopic (exact) mass is 172 g/mol. The van der Waals surface area contributed by atoms with Gasteiger partial charge in [0.25, 0.3) is 0 Å². The molecule has 2 nitrogen and oxygen atoms in total. The quantitative estimate of drug-likeness (QED) is 0.692. The zero-order valence-corrected chi connectivity index (χ0v) is 9.60. The van der Waals surface area contributed by atoms with Gasteiger partial charge in [0.05, 0.1) is 0 Å². The lowest BCUT2D eigenvalue weighted by Gasteiger charge is -2.41. The molecule has 74 valence electrons. The van der Waals surface area contributed by atoms with Crippen LogP contribution in [0, 0.1) is 5.92 Å². The van der Waals surface area contributed by atoms with Crippen molar-refractivity contribution in [3.63, 3.8) is 0 Å². The lowest BCUT2D eigenvalue weighted by atomic mass is 9.85. The topological polar surface area (TPSA) is 15.3 Å². The smallest absolute Gasteiger partial charge is 0.0289 e. The van der Waals surface area contributed by atoms with Gasteiger partial charge in [0.1, 0.15) is 0 Å². The minimum Gasteiger partial charge on any atom is -0.313 e. The van der Waals surface area contributed by atoms with E-state index in [1.165, 1.54) is 0 Å². The van der Waals surface area contributed by atoms with E-state index in [-0.39, 0.29) is 5.54 Å². The van der Waals surface area contributed by atoms with Crippen molar-refractivity contribution in [1.29, 1.82) is 0 Å². The van der Waals surface area contributed by atoms with Gasteiger partial charge in [0, 0.05) is 11.6 Å². The largest absolute Gasteiger partial charge is 0.313 e. The zero-order valence-electron chi connectivity index (χ0n) is 9.60. The van der Waals surface area contributed by atoms with Crippen LogP contribution in [0.4, 0.5) is 0 Å². The van der Waals surface area contributed by atoms with Crippen LogP contribution in [0.5, 0.6) is 0 Å². The highest BCUT2D eigenvalue weighted by Crippen LogP contribution is 2.20. The third-order valence-electron chi connectivity index (χ3n) is 2.57. The molecule has 0 amide bonds. The van der Waals surface area contributed by atoms with Crippen molar-refractivity contribution in [2.24, 2.45) is 5.92 Å². The second-order valence-electron chi connectivity index (χ2n) is 4.62. The van der Waals surface area contributed by atoms with E-state index in [9.17, 15) is 0 Å². The van der Waals surface area contributed by atoms with Crippen LogP contribution >= 0.6 is 0 Å². The van der Waals surface area contributed by atoms with Crippen LogP contribution in [0.3, 0.4) is 0 Å². The fraction of sp³-hybridized carbons (Fsp3) is 1.00. The summed E-state index contributed by atoms with van der Waals surface area (Å²) in [5, 5.41) is 3.36. The minimum atomic E-state index is 0.178. The van der Waals surface area contributed by atoms with Gasteiger partial charge in [-0.1, -0.05) is 13.8 Å². The molecule has 0 aliphatic heterocycles. The molecular formula is C10H24N2.